The lowest BCUT2D eigenvalue weighted by molar-refractivity contribution is 0.479. The fraction of sp³-hybridized carbons (Fsp3) is 0.222. The first kappa shape index (κ1) is 16.3. The lowest BCUT2D eigenvalue weighted by Gasteiger charge is -2.33. The minimum absolute atomic E-state index is 0.144. The molecule has 2 aliphatic rings. The summed E-state index contributed by atoms with van der Waals surface area (Å²) in [5.41, 5.74) is 2.39. The molecule has 3 aromatic rings. The zero-order chi connectivity index (χ0) is 18.4. The molecule has 1 atom stereocenters. The molecule has 1 saturated heterocycles. The van der Waals surface area contributed by atoms with E-state index in [1.807, 2.05) is 30.3 Å². The van der Waals surface area contributed by atoms with Gasteiger partial charge in [-0.2, -0.15) is 4.72 Å². The van der Waals surface area contributed by atoms with Crippen molar-refractivity contribution < 1.29 is 13.2 Å². The third-order valence-electron chi connectivity index (χ3n) is 4.87. The number of ether oxygens (including phenoxy) is 1. The number of H-pyrrole nitrogens is 1. The van der Waals surface area contributed by atoms with Gasteiger partial charge in [0.15, 0.2) is 0 Å². The van der Waals surface area contributed by atoms with Gasteiger partial charge in [-0.05, 0) is 37.1 Å². The van der Waals surface area contributed by atoms with Gasteiger partial charge in [0.25, 0.3) is 0 Å². The average Bonchev–Trinajstić information content (AvgIpc) is 3.33. The number of nitrogens with zero attached hydrogens (tertiary/aromatic N) is 3. The smallest absolute Gasteiger partial charge is 0.244 e. The van der Waals surface area contributed by atoms with Gasteiger partial charge in [-0.1, -0.05) is 17.3 Å². The number of fused-ring (bicyclic) bond motifs is 3. The molecule has 1 unspecified atom stereocenters. The summed E-state index contributed by atoms with van der Waals surface area (Å²) < 4.78 is 33.9. The largest absolute Gasteiger partial charge is 0.457 e. The minimum atomic E-state index is -3.55. The van der Waals surface area contributed by atoms with Gasteiger partial charge in [0, 0.05) is 18.2 Å². The Balaban J connectivity index is 1.48. The number of benzene rings is 2. The Morgan fingerprint density at radius 3 is 2.89 bits per heavy atom. The van der Waals surface area contributed by atoms with E-state index in [0.29, 0.717) is 11.5 Å². The molecule has 0 spiro atoms. The van der Waals surface area contributed by atoms with Crippen molar-refractivity contribution in [3.8, 4) is 22.8 Å². The van der Waals surface area contributed by atoms with Gasteiger partial charge in [-0.15, -0.1) is 5.10 Å². The third-order valence-corrected chi connectivity index (χ3v) is 6.36. The van der Waals surface area contributed by atoms with Gasteiger partial charge in [0.2, 0.25) is 10.0 Å². The highest BCUT2D eigenvalue weighted by Gasteiger charge is 2.37. The van der Waals surface area contributed by atoms with Crippen LogP contribution in [0.25, 0.3) is 11.3 Å². The first-order valence-electron chi connectivity index (χ1n) is 8.67. The van der Waals surface area contributed by atoms with E-state index < -0.39 is 10.0 Å². The van der Waals surface area contributed by atoms with Crippen LogP contribution in [-0.2, 0) is 10.0 Å². The molecular formula is C18H17N5O3S. The van der Waals surface area contributed by atoms with E-state index in [0.717, 1.165) is 36.3 Å². The molecule has 1 fully saturated rings. The van der Waals surface area contributed by atoms with E-state index in [2.05, 4.69) is 25.0 Å². The predicted molar refractivity (Wildman–Crippen MR) is 99.0 cm³/mol. The molecule has 138 valence electrons. The van der Waals surface area contributed by atoms with Crippen molar-refractivity contribution in [2.45, 2.75) is 23.9 Å². The van der Waals surface area contributed by atoms with Crippen LogP contribution in [0.2, 0.25) is 0 Å². The fourth-order valence-electron chi connectivity index (χ4n) is 3.63. The van der Waals surface area contributed by atoms with Crippen LogP contribution in [0, 0.1) is 0 Å². The number of hydrogen-bond donors (Lipinski definition) is 2. The number of aromatic nitrogens is 3. The van der Waals surface area contributed by atoms with Gasteiger partial charge < -0.3 is 9.64 Å². The van der Waals surface area contributed by atoms with Crippen LogP contribution in [0.3, 0.4) is 0 Å². The number of hydrogen-bond acceptors (Lipinski definition) is 6. The first-order valence-corrected chi connectivity index (χ1v) is 10.2. The zero-order valence-corrected chi connectivity index (χ0v) is 15.1. The Kier molecular flexibility index (Phi) is 3.66. The Morgan fingerprint density at radius 1 is 1.15 bits per heavy atom. The molecule has 9 heteroatoms. The summed E-state index contributed by atoms with van der Waals surface area (Å²) in [6.07, 6.45) is 3.28. The van der Waals surface area contributed by atoms with Crippen LogP contribution in [0.15, 0.2) is 53.6 Å². The maximum Gasteiger partial charge on any atom is 0.244 e. The van der Waals surface area contributed by atoms with Crippen LogP contribution < -0.4 is 14.4 Å². The Labute approximate surface area is 156 Å². The maximum atomic E-state index is 12.6. The first-order chi connectivity index (χ1) is 13.1. The van der Waals surface area contributed by atoms with Gasteiger partial charge >= 0.3 is 0 Å². The molecule has 2 N–H and O–H groups in total. The Morgan fingerprint density at radius 2 is 2.04 bits per heavy atom. The second-order valence-corrected chi connectivity index (χ2v) is 8.28. The number of aromatic amines is 1. The van der Waals surface area contributed by atoms with E-state index in [1.54, 1.807) is 18.3 Å². The summed E-state index contributed by atoms with van der Waals surface area (Å²) in [4.78, 5) is 2.36. The van der Waals surface area contributed by atoms with Crippen molar-refractivity contribution in [2.24, 2.45) is 0 Å². The monoisotopic (exact) mass is 383 g/mol. The second kappa shape index (κ2) is 6.07. The van der Waals surface area contributed by atoms with E-state index >= 15 is 0 Å². The van der Waals surface area contributed by atoms with Gasteiger partial charge in [-0.25, -0.2) is 8.42 Å². The van der Waals surface area contributed by atoms with Gasteiger partial charge in [-0.3, -0.25) is 5.10 Å². The molecule has 1 aromatic heterocycles. The van der Waals surface area contributed by atoms with Crippen molar-refractivity contribution in [1.29, 1.82) is 0 Å². The van der Waals surface area contributed by atoms with E-state index in [-0.39, 0.29) is 11.1 Å². The minimum Gasteiger partial charge on any atom is -0.457 e. The summed E-state index contributed by atoms with van der Waals surface area (Å²) in [6, 6.07) is 12.6. The number of anilines is 1. The highest BCUT2D eigenvalue weighted by Crippen LogP contribution is 2.38. The van der Waals surface area contributed by atoms with Crippen molar-refractivity contribution >= 4 is 15.7 Å². The lowest BCUT2D eigenvalue weighted by atomic mass is 10.1. The summed E-state index contributed by atoms with van der Waals surface area (Å²) in [7, 11) is -3.55. The quantitative estimate of drug-likeness (QED) is 0.721. The summed E-state index contributed by atoms with van der Waals surface area (Å²) in [5.74, 6) is 1.07. The van der Waals surface area contributed by atoms with E-state index in [4.69, 9.17) is 4.74 Å². The van der Waals surface area contributed by atoms with E-state index in [9.17, 15) is 8.42 Å². The molecule has 0 aliphatic carbocycles. The molecule has 0 saturated carbocycles. The van der Waals surface area contributed by atoms with Gasteiger partial charge in [0.1, 0.15) is 16.4 Å². The Bertz CT molecular complexity index is 1100. The summed E-state index contributed by atoms with van der Waals surface area (Å²) in [5, 5.41) is 10.3. The lowest BCUT2D eigenvalue weighted by Crippen LogP contribution is -2.48. The number of sulfonamides is 1. The summed E-state index contributed by atoms with van der Waals surface area (Å²) >= 11 is 0. The molecule has 0 amide bonds. The number of nitrogens with one attached hydrogen (secondary N) is 2. The third kappa shape index (κ3) is 2.84. The standard InChI is InChI=1S/C18H17N5O3S/c24-27(25)17-10-14(6-7-16(17)23-8-2-5-18(23)21-27)26-13-4-1-3-12(9-13)15-11-19-22-20-15/h1,3-4,6-7,9-11,18,21H,2,5,8H2,(H,19,20,22). The molecule has 27 heavy (non-hydrogen) atoms. The maximum absolute atomic E-state index is 12.6. The SMILES string of the molecule is O=S1(=O)NC2CCCN2c2ccc(Oc3cccc(-c4cnn[nH]4)c3)cc21. The second-order valence-electron chi connectivity index (χ2n) is 6.60. The van der Waals surface area contributed by atoms with Crippen molar-refractivity contribution in [1.82, 2.24) is 20.1 Å². The molecule has 3 heterocycles. The fourth-order valence-corrected chi connectivity index (χ4v) is 5.09. The van der Waals surface area contributed by atoms with Crippen LogP contribution >= 0.6 is 0 Å². The normalized spacial score (nSPS) is 20.1. The van der Waals surface area contributed by atoms with Crippen molar-refractivity contribution in [3.05, 3.63) is 48.7 Å². The highest BCUT2D eigenvalue weighted by atomic mass is 32.2. The molecule has 5 rings (SSSR count). The molecular weight excluding hydrogens is 366 g/mol. The molecule has 0 radical (unpaired) electrons. The summed E-state index contributed by atoms with van der Waals surface area (Å²) in [6.45, 7) is 0.848. The molecule has 0 bridgehead atoms. The predicted octanol–water partition coefficient (Wildman–Crippen LogP) is 2.48. The topological polar surface area (TPSA) is 100 Å². The van der Waals surface area contributed by atoms with Crippen LogP contribution in [0.1, 0.15) is 12.8 Å². The number of rotatable bonds is 3. The Hall–Kier alpha value is -2.91. The van der Waals surface area contributed by atoms with Crippen LogP contribution in [0.5, 0.6) is 11.5 Å². The van der Waals surface area contributed by atoms with Gasteiger partial charge in [0.05, 0.1) is 23.7 Å². The highest BCUT2D eigenvalue weighted by molar-refractivity contribution is 7.89. The van der Waals surface area contributed by atoms with Crippen molar-refractivity contribution in [2.75, 3.05) is 11.4 Å². The zero-order valence-electron chi connectivity index (χ0n) is 14.3. The molecule has 2 aliphatic heterocycles. The molecule has 2 aromatic carbocycles. The van der Waals surface area contributed by atoms with Crippen LogP contribution in [0.4, 0.5) is 5.69 Å². The van der Waals surface area contributed by atoms with Crippen molar-refractivity contribution in [3.63, 3.8) is 0 Å². The average molecular weight is 383 g/mol. The molecule has 8 nitrogen and oxygen atoms in total. The van der Waals surface area contributed by atoms with Crippen LogP contribution in [-0.4, -0.2) is 36.5 Å². The van der Waals surface area contributed by atoms with E-state index in [1.165, 1.54) is 0 Å².